The summed E-state index contributed by atoms with van der Waals surface area (Å²) >= 11 is 0. The minimum absolute atomic E-state index is 0.729. The third-order valence-corrected chi connectivity index (χ3v) is 12.4. The topological polar surface area (TPSA) is 45.7 Å². The number of benzene rings is 8. The molecule has 0 aliphatic carbocycles. The first-order valence-corrected chi connectivity index (χ1v) is 20.9. The summed E-state index contributed by atoms with van der Waals surface area (Å²) in [5.74, 6) is 2.30. The Morgan fingerprint density at radius 1 is 0.452 bits per heavy atom. The average molecular weight is 797 g/mol. The Morgan fingerprint density at radius 2 is 1.03 bits per heavy atom. The lowest BCUT2D eigenvalue weighted by Crippen LogP contribution is -2.29. The molecule has 0 amide bonds. The summed E-state index contributed by atoms with van der Waals surface area (Å²) < 4.78 is 18.2. The number of imidazole rings is 1. The molecule has 0 atom stereocenters. The van der Waals surface area contributed by atoms with Gasteiger partial charge in [-0.3, -0.25) is 4.57 Å². The molecule has 8 aromatic carbocycles. The van der Waals surface area contributed by atoms with E-state index in [1.807, 2.05) is 36.0 Å². The fourth-order valence-electron chi connectivity index (χ4n) is 9.87. The predicted molar refractivity (Wildman–Crippen MR) is 251 cm³/mol. The van der Waals surface area contributed by atoms with Crippen molar-refractivity contribution in [1.82, 2.24) is 23.3 Å². The van der Waals surface area contributed by atoms with Crippen molar-refractivity contribution in [2.24, 2.45) is 7.05 Å². The zero-order valence-corrected chi connectivity index (χ0v) is 33.6. The fourth-order valence-corrected chi connectivity index (χ4v) is 9.87. The molecule has 7 nitrogen and oxygen atoms in total. The van der Waals surface area contributed by atoms with E-state index in [1.54, 1.807) is 0 Å². The first-order valence-electron chi connectivity index (χ1n) is 20.9. The number of hydrogen-bond donors (Lipinski definition) is 0. The first kappa shape index (κ1) is 34.4. The third-order valence-electron chi connectivity index (χ3n) is 12.4. The summed E-state index contributed by atoms with van der Waals surface area (Å²) in [6, 6.07) is 68.4. The molecule has 0 spiro atoms. The quantitative estimate of drug-likeness (QED) is 0.124. The molecule has 5 aromatic heterocycles. The Kier molecular flexibility index (Phi) is 7.39. The smallest absolute Gasteiger partial charge is 0.244 e. The molecular formula is C55H36N6O. The Bertz CT molecular complexity index is 3890. The monoisotopic (exact) mass is 796 g/mol. The number of para-hydroxylation sites is 6. The van der Waals surface area contributed by atoms with E-state index in [2.05, 4.69) is 201 Å². The van der Waals surface area contributed by atoms with Gasteiger partial charge in [0.15, 0.2) is 0 Å². The van der Waals surface area contributed by atoms with Gasteiger partial charge in [0.05, 0.1) is 56.9 Å². The highest BCUT2D eigenvalue weighted by Gasteiger charge is 2.29. The minimum Gasteiger partial charge on any atom is -0.458 e. The standard InChI is InChI=1S/C55H36N6O/c1-57-35-58(47-28-13-12-27-46(47)57)38-21-16-22-39(33-38)62-40-30-31-43-48(34-40)61(49-29-14-15-32-56-49)53-50(43)51-41-23-8-10-25-44(41)59(36-17-4-2-5-18-36)54(51)55-52(53)42-24-9-11-26-45(42)60(55)37-19-6-3-7-20-37/h2-34H,1H3. The molecule has 292 valence electrons. The van der Waals surface area contributed by atoms with Gasteiger partial charge >= 0.3 is 0 Å². The number of rotatable bonds is 6. The lowest BCUT2D eigenvalue weighted by molar-refractivity contribution is -0.572. The van der Waals surface area contributed by atoms with E-state index in [1.165, 1.54) is 21.5 Å². The second-order valence-electron chi connectivity index (χ2n) is 15.8. The SMILES string of the molecule is Cn1[c-][n+](-c2cccc(Oc3ccc4c5c6c7ccccc7n(-c7ccccc7)c6c6c(c7ccccc7n6-c6ccccc6)c5n(-c5ccccn5)c4c3)c2)c2ccccc21. The zero-order chi connectivity index (χ0) is 40.9. The van der Waals surface area contributed by atoms with Crippen LogP contribution in [0.5, 0.6) is 11.5 Å². The van der Waals surface area contributed by atoms with Crippen LogP contribution < -0.4 is 9.30 Å². The van der Waals surface area contributed by atoms with E-state index >= 15 is 0 Å². The van der Waals surface area contributed by atoms with Crippen LogP contribution in [0.1, 0.15) is 0 Å². The van der Waals surface area contributed by atoms with Gasteiger partial charge in [0.25, 0.3) is 0 Å². The molecule has 0 bridgehead atoms. The Morgan fingerprint density at radius 3 is 1.74 bits per heavy atom. The lowest BCUT2D eigenvalue weighted by atomic mass is 10.0. The fraction of sp³-hybridized carbons (Fsp3) is 0.0182. The molecule has 0 saturated heterocycles. The van der Waals surface area contributed by atoms with Crippen LogP contribution >= 0.6 is 0 Å². The van der Waals surface area contributed by atoms with Crippen molar-refractivity contribution in [1.29, 1.82) is 0 Å². The van der Waals surface area contributed by atoms with Gasteiger partial charge in [0.1, 0.15) is 17.3 Å². The van der Waals surface area contributed by atoms with Crippen LogP contribution in [0.15, 0.2) is 200 Å². The van der Waals surface area contributed by atoms with Gasteiger partial charge in [-0.2, -0.15) is 0 Å². The largest absolute Gasteiger partial charge is 0.458 e. The number of aryl methyl sites for hydroxylation is 1. The van der Waals surface area contributed by atoms with Crippen molar-refractivity contribution in [3.05, 3.63) is 207 Å². The second kappa shape index (κ2) is 13.3. The number of aromatic nitrogens is 6. The van der Waals surface area contributed by atoms with E-state index in [4.69, 9.17) is 9.72 Å². The van der Waals surface area contributed by atoms with E-state index < -0.39 is 0 Å². The molecular weight excluding hydrogens is 761 g/mol. The number of fused-ring (bicyclic) bond motifs is 13. The van der Waals surface area contributed by atoms with Gasteiger partial charge in [-0.25, -0.2) is 4.98 Å². The lowest BCUT2D eigenvalue weighted by Gasteiger charge is -2.14. The summed E-state index contributed by atoms with van der Waals surface area (Å²) in [5, 5.41) is 6.99. The van der Waals surface area contributed by atoms with Crippen LogP contribution in [-0.2, 0) is 7.05 Å². The van der Waals surface area contributed by atoms with E-state index in [-0.39, 0.29) is 0 Å². The molecule has 0 saturated carbocycles. The molecule has 0 radical (unpaired) electrons. The van der Waals surface area contributed by atoms with Gasteiger partial charge < -0.3 is 23.0 Å². The summed E-state index contributed by atoms with van der Waals surface area (Å²) in [4.78, 5) is 5.06. The Hall–Kier alpha value is -8.42. The maximum atomic E-state index is 6.82. The second-order valence-corrected chi connectivity index (χ2v) is 15.8. The van der Waals surface area contributed by atoms with Crippen LogP contribution in [-0.4, -0.2) is 23.3 Å². The molecule has 13 rings (SSSR count). The van der Waals surface area contributed by atoms with Gasteiger partial charge in [0, 0.05) is 56.0 Å². The summed E-state index contributed by atoms with van der Waals surface area (Å²) in [6.07, 6.45) is 5.35. The molecule has 0 unspecified atom stereocenters. The van der Waals surface area contributed by atoms with Gasteiger partial charge in [-0.05, 0) is 72.8 Å². The van der Waals surface area contributed by atoms with Crippen LogP contribution in [0.2, 0.25) is 0 Å². The van der Waals surface area contributed by atoms with E-state index in [9.17, 15) is 0 Å². The average Bonchev–Trinajstić information content (AvgIpc) is 4.06. The number of pyridine rings is 1. The van der Waals surface area contributed by atoms with Crippen LogP contribution in [0.4, 0.5) is 0 Å². The summed E-state index contributed by atoms with van der Waals surface area (Å²) in [6.45, 7) is 0. The predicted octanol–water partition coefficient (Wildman–Crippen LogP) is 12.7. The van der Waals surface area contributed by atoms with Crippen LogP contribution in [0.25, 0.3) is 99.3 Å². The molecule has 13 aromatic rings. The maximum Gasteiger partial charge on any atom is 0.244 e. The van der Waals surface area contributed by atoms with Crippen molar-refractivity contribution in [3.8, 4) is 34.4 Å². The molecule has 0 N–H and O–H groups in total. The molecule has 7 heteroatoms. The van der Waals surface area contributed by atoms with Gasteiger partial charge in [-0.15, -0.1) is 0 Å². The summed E-state index contributed by atoms with van der Waals surface area (Å²) in [7, 11) is 2.02. The normalized spacial score (nSPS) is 12.0. The van der Waals surface area contributed by atoms with Crippen molar-refractivity contribution >= 4 is 76.5 Å². The molecule has 0 fully saturated rings. The number of hydrogen-bond acceptors (Lipinski definition) is 2. The molecule has 0 aliphatic rings. The van der Waals surface area contributed by atoms with Crippen molar-refractivity contribution in [2.75, 3.05) is 0 Å². The highest BCUT2D eigenvalue weighted by molar-refractivity contribution is 6.40. The van der Waals surface area contributed by atoms with E-state index in [0.29, 0.717) is 0 Å². The van der Waals surface area contributed by atoms with Crippen LogP contribution in [0.3, 0.4) is 0 Å². The highest BCUT2D eigenvalue weighted by atomic mass is 16.5. The molecule has 0 aliphatic heterocycles. The first-order chi connectivity index (χ1) is 30.7. The van der Waals surface area contributed by atoms with Crippen molar-refractivity contribution in [2.45, 2.75) is 0 Å². The summed E-state index contributed by atoms with van der Waals surface area (Å²) in [5.41, 5.74) is 12.0. The van der Waals surface area contributed by atoms with Gasteiger partial charge in [-0.1, -0.05) is 115 Å². The zero-order valence-electron chi connectivity index (χ0n) is 33.6. The number of ether oxygens (including phenoxy) is 1. The highest BCUT2D eigenvalue weighted by Crippen LogP contribution is 2.50. The van der Waals surface area contributed by atoms with Crippen LogP contribution in [0, 0.1) is 6.33 Å². The maximum absolute atomic E-state index is 6.82. The number of nitrogens with zero attached hydrogens (tertiary/aromatic N) is 6. The minimum atomic E-state index is 0.729. The molecule has 5 heterocycles. The Balaban J connectivity index is 1.17. The third kappa shape index (κ3) is 4.93. The van der Waals surface area contributed by atoms with Gasteiger partial charge in [0.2, 0.25) is 6.33 Å². The Labute approximate surface area is 355 Å². The van der Waals surface area contributed by atoms with E-state index in [0.717, 1.165) is 89.3 Å². The van der Waals surface area contributed by atoms with Crippen molar-refractivity contribution < 1.29 is 9.30 Å². The molecule has 62 heavy (non-hydrogen) atoms. The van der Waals surface area contributed by atoms with Crippen molar-refractivity contribution in [3.63, 3.8) is 0 Å².